The van der Waals surface area contributed by atoms with Crippen LogP contribution >= 0.6 is 11.8 Å². The van der Waals surface area contributed by atoms with Gasteiger partial charge in [0.2, 0.25) is 0 Å². The maximum absolute atomic E-state index is 12.0. The molecular formula is C22H42O5S. The SMILES string of the molecule is CCC(C)(C)C(=O)CCSCCC(=O)OC(C)OCCOC(C)C(C)(C)CC. The number of carbonyl (C=O) groups excluding carboxylic acids is 2. The maximum atomic E-state index is 12.0. The highest BCUT2D eigenvalue weighted by Crippen LogP contribution is 2.26. The molecule has 0 heterocycles. The Bertz CT molecular complexity index is 462. The molecule has 0 aromatic carbocycles. The summed E-state index contributed by atoms with van der Waals surface area (Å²) in [6.07, 6.45) is 2.33. The number of ketones is 1. The van der Waals surface area contributed by atoms with Gasteiger partial charge in [-0.05, 0) is 32.1 Å². The normalized spacial score (nSPS) is 14.6. The van der Waals surface area contributed by atoms with E-state index in [-0.39, 0.29) is 28.7 Å². The molecular weight excluding hydrogens is 376 g/mol. The summed E-state index contributed by atoms with van der Waals surface area (Å²) < 4.78 is 16.5. The predicted molar refractivity (Wildman–Crippen MR) is 117 cm³/mol. The van der Waals surface area contributed by atoms with Crippen LogP contribution < -0.4 is 0 Å². The van der Waals surface area contributed by atoms with Gasteiger partial charge in [0.15, 0.2) is 6.29 Å². The zero-order valence-electron chi connectivity index (χ0n) is 19.3. The molecule has 2 atom stereocenters. The van der Waals surface area contributed by atoms with E-state index < -0.39 is 6.29 Å². The fraction of sp³-hybridized carbons (Fsp3) is 0.909. The van der Waals surface area contributed by atoms with Gasteiger partial charge >= 0.3 is 5.97 Å². The molecule has 0 fully saturated rings. The number of carbonyl (C=O) groups is 2. The summed E-state index contributed by atoms with van der Waals surface area (Å²) in [5.74, 6) is 1.40. The van der Waals surface area contributed by atoms with Gasteiger partial charge in [-0.2, -0.15) is 11.8 Å². The van der Waals surface area contributed by atoms with Gasteiger partial charge in [-0.25, -0.2) is 0 Å². The van der Waals surface area contributed by atoms with E-state index in [4.69, 9.17) is 14.2 Å². The summed E-state index contributed by atoms with van der Waals surface area (Å²) in [7, 11) is 0. The third kappa shape index (κ3) is 11.4. The van der Waals surface area contributed by atoms with Crippen LogP contribution in [-0.2, 0) is 23.8 Å². The molecule has 5 nitrogen and oxygen atoms in total. The van der Waals surface area contributed by atoms with Gasteiger partial charge in [-0.15, -0.1) is 0 Å². The lowest BCUT2D eigenvalue weighted by atomic mass is 9.84. The molecule has 6 heteroatoms. The lowest BCUT2D eigenvalue weighted by Gasteiger charge is -2.30. The summed E-state index contributed by atoms with van der Waals surface area (Å²) in [4.78, 5) is 23.9. The lowest BCUT2D eigenvalue weighted by molar-refractivity contribution is -0.178. The van der Waals surface area contributed by atoms with E-state index in [1.54, 1.807) is 18.7 Å². The Morgan fingerprint density at radius 2 is 1.46 bits per heavy atom. The number of rotatable bonds is 16. The first-order valence-electron chi connectivity index (χ1n) is 10.5. The van der Waals surface area contributed by atoms with Crippen LogP contribution in [0.1, 0.15) is 81.1 Å². The molecule has 0 aliphatic rings. The molecule has 0 amide bonds. The van der Waals surface area contributed by atoms with Crippen molar-refractivity contribution in [3.63, 3.8) is 0 Å². The molecule has 2 unspecified atom stereocenters. The van der Waals surface area contributed by atoms with Crippen molar-refractivity contribution in [3.8, 4) is 0 Å². The standard InChI is InChI=1S/C22H42O5S/c1-9-21(5,6)17(3)25-13-14-26-18(4)27-20(24)12-16-28-15-11-19(23)22(7,8)10-2/h17-18H,9-16H2,1-8H3. The molecule has 0 aromatic rings. The van der Waals surface area contributed by atoms with Crippen molar-refractivity contribution in [2.75, 3.05) is 24.7 Å². The summed E-state index contributed by atoms with van der Waals surface area (Å²) in [5, 5.41) is 0. The van der Waals surface area contributed by atoms with Gasteiger partial charge in [-0.1, -0.05) is 41.5 Å². The van der Waals surface area contributed by atoms with Crippen molar-refractivity contribution < 1.29 is 23.8 Å². The van der Waals surface area contributed by atoms with Crippen molar-refractivity contribution in [2.45, 2.75) is 93.5 Å². The quantitative estimate of drug-likeness (QED) is 0.194. The monoisotopic (exact) mass is 418 g/mol. The Hall–Kier alpha value is -0.590. The molecule has 0 saturated heterocycles. The molecule has 0 aliphatic carbocycles. The summed E-state index contributed by atoms with van der Waals surface area (Å²) in [5.41, 5.74) is -0.118. The van der Waals surface area contributed by atoms with Crippen LogP contribution in [0.2, 0.25) is 0 Å². The van der Waals surface area contributed by atoms with E-state index in [1.165, 1.54) is 0 Å². The van der Waals surface area contributed by atoms with E-state index in [2.05, 4.69) is 27.7 Å². The first-order chi connectivity index (χ1) is 13.0. The van der Waals surface area contributed by atoms with Crippen molar-refractivity contribution in [2.24, 2.45) is 10.8 Å². The van der Waals surface area contributed by atoms with Crippen LogP contribution in [0, 0.1) is 10.8 Å². The van der Waals surface area contributed by atoms with Gasteiger partial charge in [0, 0.05) is 23.3 Å². The van der Waals surface area contributed by atoms with Crippen LogP contribution in [0.15, 0.2) is 0 Å². The minimum Gasteiger partial charge on any atom is -0.436 e. The van der Waals surface area contributed by atoms with Gasteiger partial charge in [0.05, 0.1) is 25.7 Å². The summed E-state index contributed by atoms with van der Waals surface area (Å²) >= 11 is 1.61. The highest BCUT2D eigenvalue weighted by Gasteiger charge is 2.25. The van der Waals surface area contributed by atoms with Gasteiger partial charge in [0.25, 0.3) is 0 Å². The van der Waals surface area contributed by atoms with E-state index in [0.717, 1.165) is 18.6 Å². The second kappa shape index (κ2) is 13.6. The maximum Gasteiger partial charge on any atom is 0.308 e. The Morgan fingerprint density at radius 3 is 2.04 bits per heavy atom. The smallest absolute Gasteiger partial charge is 0.308 e. The molecule has 0 bridgehead atoms. The second-order valence-corrected chi connectivity index (χ2v) is 9.78. The minimum atomic E-state index is -0.581. The van der Waals surface area contributed by atoms with Crippen molar-refractivity contribution in [3.05, 3.63) is 0 Å². The molecule has 0 aromatic heterocycles. The predicted octanol–water partition coefficient (Wildman–Crippen LogP) is 5.25. The van der Waals surface area contributed by atoms with E-state index >= 15 is 0 Å². The Morgan fingerprint density at radius 1 is 0.893 bits per heavy atom. The molecule has 166 valence electrons. The van der Waals surface area contributed by atoms with Crippen molar-refractivity contribution >= 4 is 23.5 Å². The third-order valence-electron chi connectivity index (χ3n) is 5.68. The highest BCUT2D eigenvalue weighted by atomic mass is 32.2. The zero-order valence-corrected chi connectivity index (χ0v) is 20.1. The van der Waals surface area contributed by atoms with E-state index in [9.17, 15) is 9.59 Å². The molecule has 0 spiro atoms. The van der Waals surface area contributed by atoms with Crippen molar-refractivity contribution in [1.29, 1.82) is 0 Å². The molecule has 0 aliphatic heterocycles. The first-order valence-corrected chi connectivity index (χ1v) is 11.7. The highest BCUT2D eigenvalue weighted by molar-refractivity contribution is 7.99. The van der Waals surface area contributed by atoms with Crippen LogP contribution in [0.25, 0.3) is 0 Å². The fourth-order valence-electron chi connectivity index (χ4n) is 2.19. The Balaban J connectivity index is 3.81. The number of thioether (sulfide) groups is 1. The first kappa shape index (κ1) is 27.4. The van der Waals surface area contributed by atoms with Gasteiger partial charge in [0.1, 0.15) is 5.78 Å². The molecule has 0 rings (SSSR count). The number of esters is 1. The average Bonchev–Trinajstić information content (AvgIpc) is 2.64. The van der Waals surface area contributed by atoms with Crippen LogP contribution in [0.3, 0.4) is 0 Å². The average molecular weight is 419 g/mol. The molecule has 0 N–H and O–H groups in total. The van der Waals surface area contributed by atoms with Crippen molar-refractivity contribution in [1.82, 2.24) is 0 Å². The number of Topliss-reactive ketones (excluding diaryl/α,β-unsaturated/α-hetero) is 1. The van der Waals surface area contributed by atoms with Gasteiger partial charge in [-0.3, -0.25) is 9.59 Å². The lowest BCUT2D eigenvalue weighted by Crippen LogP contribution is -2.30. The second-order valence-electron chi connectivity index (χ2n) is 8.56. The molecule has 28 heavy (non-hydrogen) atoms. The topological polar surface area (TPSA) is 61.8 Å². The largest absolute Gasteiger partial charge is 0.436 e. The number of ether oxygens (including phenoxy) is 3. The Labute approximate surface area is 176 Å². The number of hydrogen-bond donors (Lipinski definition) is 0. The van der Waals surface area contributed by atoms with E-state index in [1.807, 2.05) is 20.8 Å². The third-order valence-corrected chi connectivity index (χ3v) is 6.66. The summed E-state index contributed by atoms with van der Waals surface area (Å²) in [6.45, 7) is 17.2. The number of hydrogen-bond acceptors (Lipinski definition) is 6. The minimum absolute atomic E-state index is 0.132. The van der Waals surface area contributed by atoms with Crippen LogP contribution in [0.5, 0.6) is 0 Å². The van der Waals surface area contributed by atoms with Crippen LogP contribution in [0.4, 0.5) is 0 Å². The molecule has 0 radical (unpaired) electrons. The fourth-order valence-corrected chi connectivity index (χ4v) is 3.03. The van der Waals surface area contributed by atoms with Gasteiger partial charge < -0.3 is 14.2 Å². The zero-order chi connectivity index (χ0) is 21.8. The molecule has 0 saturated carbocycles. The summed E-state index contributed by atoms with van der Waals surface area (Å²) in [6, 6.07) is 0. The van der Waals surface area contributed by atoms with Crippen LogP contribution in [-0.4, -0.2) is 48.9 Å². The van der Waals surface area contributed by atoms with E-state index in [0.29, 0.717) is 31.8 Å². The Kier molecular flexibility index (Phi) is 13.3.